The zero-order valence-electron chi connectivity index (χ0n) is 10.0. The second-order valence-electron chi connectivity index (χ2n) is 4.96. The van der Waals surface area contributed by atoms with E-state index in [-0.39, 0.29) is 18.2 Å². The van der Waals surface area contributed by atoms with Crippen molar-refractivity contribution in [3.05, 3.63) is 0 Å². The molecule has 4 heteroatoms. The fourth-order valence-electron chi connectivity index (χ4n) is 1.83. The first kappa shape index (κ1) is 12.3. The van der Waals surface area contributed by atoms with Crippen LogP contribution in [0.25, 0.3) is 0 Å². The van der Waals surface area contributed by atoms with E-state index < -0.39 is 5.60 Å². The molecular formula is C11H21NO3. The number of methoxy groups -OCH3 is 1. The van der Waals surface area contributed by atoms with Crippen LogP contribution in [0, 0.1) is 0 Å². The molecule has 1 aliphatic carbocycles. The fraction of sp³-hybridized carbons (Fsp3) is 0.909. The number of carbonyl (C=O) groups excluding carboxylic acids is 1. The lowest BCUT2D eigenvalue weighted by molar-refractivity contribution is 0.0392. The number of carbonyl (C=O) groups is 1. The zero-order valence-corrected chi connectivity index (χ0v) is 10.0. The third kappa shape index (κ3) is 4.08. The average Bonchev–Trinajstić information content (AvgIpc) is 2.48. The maximum absolute atomic E-state index is 11.5. The van der Waals surface area contributed by atoms with Gasteiger partial charge in [0.25, 0.3) is 0 Å². The van der Waals surface area contributed by atoms with Crippen LogP contribution in [0.5, 0.6) is 0 Å². The molecule has 4 nitrogen and oxygen atoms in total. The fourth-order valence-corrected chi connectivity index (χ4v) is 1.83. The van der Waals surface area contributed by atoms with Crippen molar-refractivity contribution in [1.82, 2.24) is 5.32 Å². The summed E-state index contributed by atoms with van der Waals surface area (Å²) in [5.41, 5.74) is -0.439. The quantitative estimate of drug-likeness (QED) is 0.767. The van der Waals surface area contributed by atoms with Gasteiger partial charge in [-0.1, -0.05) is 0 Å². The lowest BCUT2D eigenvalue weighted by Gasteiger charge is -2.24. The van der Waals surface area contributed by atoms with Crippen LogP contribution in [0.2, 0.25) is 0 Å². The molecule has 0 aromatic heterocycles. The Bertz CT molecular complexity index is 222. The predicted molar refractivity (Wildman–Crippen MR) is 57.8 cm³/mol. The average molecular weight is 215 g/mol. The van der Waals surface area contributed by atoms with Gasteiger partial charge in [-0.2, -0.15) is 0 Å². The molecule has 0 radical (unpaired) electrons. The van der Waals surface area contributed by atoms with Crippen molar-refractivity contribution in [3.8, 4) is 0 Å². The minimum absolute atomic E-state index is 0.102. The van der Waals surface area contributed by atoms with E-state index in [1.54, 1.807) is 7.11 Å². The van der Waals surface area contributed by atoms with Crippen LogP contribution < -0.4 is 5.32 Å². The Hall–Kier alpha value is -0.770. The van der Waals surface area contributed by atoms with Gasteiger partial charge in [-0.15, -0.1) is 0 Å². The molecular weight excluding hydrogens is 194 g/mol. The van der Waals surface area contributed by atoms with Gasteiger partial charge in [0.15, 0.2) is 0 Å². The number of nitrogens with one attached hydrogen (secondary N) is 1. The molecule has 1 aliphatic rings. The third-order valence-corrected chi connectivity index (χ3v) is 2.46. The van der Waals surface area contributed by atoms with E-state index >= 15 is 0 Å². The summed E-state index contributed by atoms with van der Waals surface area (Å²) in [6.45, 7) is 5.57. The first-order valence-corrected chi connectivity index (χ1v) is 5.44. The highest BCUT2D eigenvalue weighted by atomic mass is 16.6. The first-order valence-electron chi connectivity index (χ1n) is 5.44. The van der Waals surface area contributed by atoms with Crippen molar-refractivity contribution in [2.75, 3.05) is 7.11 Å². The van der Waals surface area contributed by atoms with E-state index in [1.807, 2.05) is 20.8 Å². The highest BCUT2D eigenvalue weighted by Gasteiger charge is 2.29. The van der Waals surface area contributed by atoms with Gasteiger partial charge in [0, 0.05) is 7.11 Å². The van der Waals surface area contributed by atoms with Gasteiger partial charge in [-0.05, 0) is 40.0 Å². The molecule has 0 spiro atoms. The van der Waals surface area contributed by atoms with E-state index in [4.69, 9.17) is 9.47 Å². The van der Waals surface area contributed by atoms with Crippen LogP contribution in [0.3, 0.4) is 0 Å². The molecule has 0 aliphatic heterocycles. The monoisotopic (exact) mass is 215 g/mol. The predicted octanol–water partition coefficient (Wildman–Crippen LogP) is 2.08. The first-order chi connectivity index (χ1) is 6.92. The smallest absolute Gasteiger partial charge is 0.407 e. The van der Waals surface area contributed by atoms with E-state index in [1.165, 1.54) is 0 Å². The second kappa shape index (κ2) is 4.84. The topological polar surface area (TPSA) is 47.6 Å². The number of hydrogen-bond donors (Lipinski definition) is 1. The Balaban J connectivity index is 2.37. The Morgan fingerprint density at radius 1 is 1.33 bits per heavy atom. The van der Waals surface area contributed by atoms with Crippen LogP contribution in [0.4, 0.5) is 4.79 Å². The number of hydrogen-bond acceptors (Lipinski definition) is 3. The second-order valence-corrected chi connectivity index (χ2v) is 4.96. The molecule has 0 aromatic rings. The number of amides is 1. The SMILES string of the molecule is COC1CCCC1NC(=O)OC(C)(C)C. The molecule has 0 heterocycles. The summed E-state index contributed by atoms with van der Waals surface area (Å²) >= 11 is 0. The molecule has 1 N–H and O–H groups in total. The van der Waals surface area contributed by atoms with Crippen molar-refractivity contribution in [2.45, 2.75) is 57.8 Å². The summed E-state index contributed by atoms with van der Waals surface area (Å²) < 4.78 is 10.5. The molecule has 88 valence electrons. The Morgan fingerprint density at radius 3 is 2.53 bits per heavy atom. The van der Waals surface area contributed by atoms with Crippen molar-refractivity contribution in [1.29, 1.82) is 0 Å². The molecule has 1 fully saturated rings. The van der Waals surface area contributed by atoms with Crippen LogP contribution in [0.15, 0.2) is 0 Å². The summed E-state index contributed by atoms with van der Waals surface area (Å²) in [6.07, 6.45) is 2.86. The summed E-state index contributed by atoms with van der Waals surface area (Å²) in [5, 5.41) is 2.85. The molecule has 1 rings (SSSR count). The minimum Gasteiger partial charge on any atom is -0.444 e. The summed E-state index contributed by atoms with van der Waals surface area (Å²) in [4.78, 5) is 11.5. The molecule has 0 aromatic carbocycles. The maximum Gasteiger partial charge on any atom is 0.407 e. The van der Waals surface area contributed by atoms with Gasteiger partial charge in [0.05, 0.1) is 12.1 Å². The molecule has 1 saturated carbocycles. The Kier molecular flexibility index (Phi) is 3.97. The van der Waals surface area contributed by atoms with Crippen molar-refractivity contribution in [2.24, 2.45) is 0 Å². The van der Waals surface area contributed by atoms with Crippen molar-refractivity contribution < 1.29 is 14.3 Å². The van der Waals surface area contributed by atoms with Crippen molar-refractivity contribution in [3.63, 3.8) is 0 Å². The van der Waals surface area contributed by atoms with Gasteiger partial charge >= 0.3 is 6.09 Å². The van der Waals surface area contributed by atoms with Gasteiger partial charge in [-0.3, -0.25) is 0 Å². The van der Waals surface area contributed by atoms with Gasteiger partial charge in [0.2, 0.25) is 0 Å². The molecule has 1 amide bonds. The van der Waals surface area contributed by atoms with E-state index in [0.29, 0.717) is 0 Å². The number of alkyl carbamates (subject to hydrolysis) is 1. The third-order valence-electron chi connectivity index (χ3n) is 2.46. The lowest BCUT2D eigenvalue weighted by atomic mass is 10.2. The standard InChI is InChI=1S/C11H21NO3/c1-11(2,3)15-10(13)12-8-6-5-7-9(8)14-4/h8-9H,5-7H2,1-4H3,(H,12,13). The number of ether oxygens (including phenoxy) is 2. The minimum atomic E-state index is -0.439. The summed E-state index contributed by atoms with van der Waals surface area (Å²) in [6, 6.07) is 0.102. The largest absolute Gasteiger partial charge is 0.444 e. The summed E-state index contributed by atoms with van der Waals surface area (Å²) in [7, 11) is 1.68. The Labute approximate surface area is 91.3 Å². The van der Waals surface area contributed by atoms with Crippen LogP contribution >= 0.6 is 0 Å². The molecule has 2 unspecified atom stereocenters. The van der Waals surface area contributed by atoms with Crippen LogP contribution in [-0.4, -0.2) is 30.9 Å². The van der Waals surface area contributed by atoms with Crippen LogP contribution in [-0.2, 0) is 9.47 Å². The molecule has 2 atom stereocenters. The lowest BCUT2D eigenvalue weighted by Crippen LogP contribution is -2.43. The summed E-state index contributed by atoms with van der Waals surface area (Å²) in [5.74, 6) is 0. The zero-order chi connectivity index (χ0) is 11.5. The van der Waals surface area contributed by atoms with Gasteiger partial charge in [0.1, 0.15) is 5.60 Å². The van der Waals surface area contributed by atoms with Gasteiger partial charge < -0.3 is 14.8 Å². The molecule has 0 bridgehead atoms. The van der Waals surface area contributed by atoms with Crippen molar-refractivity contribution >= 4 is 6.09 Å². The van der Waals surface area contributed by atoms with E-state index in [2.05, 4.69) is 5.32 Å². The van der Waals surface area contributed by atoms with E-state index in [0.717, 1.165) is 19.3 Å². The molecule has 0 saturated heterocycles. The Morgan fingerprint density at radius 2 is 2.00 bits per heavy atom. The molecule has 15 heavy (non-hydrogen) atoms. The van der Waals surface area contributed by atoms with E-state index in [9.17, 15) is 4.79 Å². The van der Waals surface area contributed by atoms with Crippen LogP contribution in [0.1, 0.15) is 40.0 Å². The maximum atomic E-state index is 11.5. The van der Waals surface area contributed by atoms with Gasteiger partial charge in [-0.25, -0.2) is 4.79 Å². The normalized spacial score (nSPS) is 26.4. The highest BCUT2D eigenvalue weighted by molar-refractivity contribution is 5.68. The number of rotatable bonds is 2. The highest BCUT2D eigenvalue weighted by Crippen LogP contribution is 2.21.